The average molecular weight is 472 g/mol. The summed E-state index contributed by atoms with van der Waals surface area (Å²) in [6, 6.07) is 9.83. The summed E-state index contributed by atoms with van der Waals surface area (Å²) in [7, 11) is 0. The molecule has 0 saturated carbocycles. The quantitative estimate of drug-likeness (QED) is 0.406. The average Bonchev–Trinajstić information content (AvgIpc) is 2.85. The molecule has 0 aliphatic carbocycles. The first-order valence-electron chi connectivity index (χ1n) is 12.4. The van der Waals surface area contributed by atoms with Crippen molar-refractivity contribution in [3.63, 3.8) is 0 Å². The smallest absolute Gasteiger partial charge is 0.257 e. The Kier molecular flexibility index (Phi) is 9.41. The number of allylic oxidation sites excluding steroid dienone is 4. The minimum absolute atomic E-state index is 0.0560. The van der Waals surface area contributed by atoms with Gasteiger partial charge in [0.15, 0.2) is 0 Å². The Bertz CT molecular complexity index is 1160. The number of nitrogens with one attached hydrogen (secondary N) is 3. The van der Waals surface area contributed by atoms with Gasteiger partial charge in [0.05, 0.1) is 17.0 Å². The first-order valence-corrected chi connectivity index (χ1v) is 12.4. The van der Waals surface area contributed by atoms with Crippen LogP contribution < -0.4 is 16.0 Å². The second kappa shape index (κ2) is 12.7. The molecule has 35 heavy (non-hydrogen) atoms. The zero-order chi connectivity index (χ0) is 25.2. The molecule has 0 fully saturated rings. The summed E-state index contributed by atoms with van der Waals surface area (Å²) < 4.78 is 0. The fourth-order valence-corrected chi connectivity index (χ4v) is 3.96. The van der Waals surface area contributed by atoms with E-state index in [1.807, 2.05) is 37.4 Å². The number of hydrogen-bond acceptors (Lipinski definition) is 5. The van der Waals surface area contributed by atoms with Crippen molar-refractivity contribution < 1.29 is 4.79 Å². The molecule has 1 aromatic heterocycles. The Hall–Kier alpha value is -3.67. The van der Waals surface area contributed by atoms with Crippen LogP contribution in [0.4, 0.5) is 5.69 Å². The number of aromatic nitrogens is 1. The van der Waals surface area contributed by atoms with E-state index >= 15 is 0 Å². The number of benzene rings is 1. The lowest BCUT2D eigenvalue weighted by molar-refractivity contribution is 0.102. The van der Waals surface area contributed by atoms with E-state index in [9.17, 15) is 4.79 Å². The SMILES string of the molecule is CC/C=C/C1=N/C=C(/NC(C)c2cccc(NC(=O)c3cncc(C)c3)c2)CC/C(C)=C1\NCC. The zero-order valence-corrected chi connectivity index (χ0v) is 21.5. The molecule has 0 radical (unpaired) electrons. The summed E-state index contributed by atoms with van der Waals surface area (Å²) in [6.07, 6.45) is 12.3. The van der Waals surface area contributed by atoms with E-state index in [-0.39, 0.29) is 11.9 Å². The Balaban J connectivity index is 1.75. The van der Waals surface area contributed by atoms with Crippen molar-refractivity contribution in [2.75, 3.05) is 11.9 Å². The van der Waals surface area contributed by atoms with Crippen LogP contribution in [0.15, 0.2) is 83.0 Å². The zero-order valence-electron chi connectivity index (χ0n) is 21.5. The predicted molar refractivity (Wildman–Crippen MR) is 145 cm³/mol. The third kappa shape index (κ3) is 7.41. The van der Waals surface area contributed by atoms with E-state index in [0.29, 0.717) is 5.56 Å². The molecule has 1 amide bonds. The van der Waals surface area contributed by atoms with Crippen LogP contribution in [0.2, 0.25) is 0 Å². The number of carbonyl (C=O) groups excluding carboxylic acids is 1. The normalized spacial score (nSPS) is 20.1. The van der Waals surface area contributed by atoms with Crippen molar-refractivity contribution in [3.8, 4) is 0 Å². The fraction of sp³-hybridized carbons (Fsp3) is 0.345. The first kappa shape index (κ1) is 25.9. The van der Waals surface area contributed by atoms with Gasteiger partial charge in [0, 0.05) is 42.6 Å². The Morgan fingerprint density at radius 3 is 2.71 bits per heavy atom. The molecule has 1 atom stereocenters. The van der Waals surface area contributed by atoms with E-state index in [1.165, 1.54) is 5.57 Å². The van der Waals surface area contributed by atoms with Gasteiger partial charge in [0.2, 0.25) is 0 Å². The molecule has 3 N–H and O–H groups in total. The van der Waals surface area contributed by atoms with Gasteiger partial charge in [-0.2, -0.15) is 0 Å². The van der Waals surface area contributed by atoms with E-state index in [0.717, 1.165) is 59.7 Å². The molecule has 2 aromatic rings. The number of hydrogen-bond donors (Lipinski definition) is 3. The van der Waals surface area contributed by atoms with E-state index in [1.54, 1.807) is 12.4 Å². The van der Waals surface area contributed by atoms with Gasteiger partial charge in [-0.15, -0.1) is 0 Å². The van der Waals surface area contributed by atoms with Crippen molar-refractivity contribution in [1.29, 1.82) is 0 Å². The summed E-state index contributed by atoms with van der Waals surface area (Å²) in [4.78, 5) is 21.6. The number of rotatable bonds is 9. The predicted octanol–water partition coefficient (Wildman–Crippen LogP) is 6.22. The second-order valence-electron chi connectivity index (χ2n) is 8.86. The van der Waals surface area contributed by atoms with Gasteiger partial charge in [0.1, 0.15) is 0 Å². The lowest BCUT2D eigenvalue weighted by Crippen LogP contribution is -2.23. The maximum absolute atomic E-state index is 12.6. The highest BCUT2D eigenvalue weighted by atomic mass is 16.1. The van der Waals surface area contributed by atoms with Crippen molar-refractivity contribution in [2.45, 2.75) is 59.9 Å². The van der Waals surface area contributed by atoms with Gasteiger partial charge >= 0.3 is 0 Å². The summed E-state index contributed by atoms with van der Waals surface area (Å²) >= 11 is 0. The monoisotopic (exact) mass is 471 g/mol. The minimum Gasteiger partial charge on any atom is -0.384 e. The van der Waals surface area contributed by atoms with Crippen LogP contribution >= 0.6 is 0 Å². The summed E-state index contributed by atoms with van der Waals surface area (Å²) in [5, 5.41) is 10.1. The lowest BCUT2D eigenvalue weighted by Gasteiger charge is -2.22. The van der Waals surface area contributed by atoms with Crippen LogP contribution in [0.25, 0.3) is 0 Å². The second-order valence-corrected chi connectivity index (χ2v) is 8.86. The lowest BCUT2D eigenvalue weighted by atomic mass is 10.0. The van der Waals surface area contributed by atoms with Crippen LogP contribution in [0, 0.1) is 6.92 Å². The van der Waals surface area contributed by atoms with Gasteiger partial charge in [-0.25, -0.2) is 0 Å². The number of aliphatic imine (C=N–C) groups is 1. The summed E-state index contributed by atoms with van der Waals surface area (Å²) in [6.45, 7) is 11.3. The minimum atomic E-state index is -0.164. The molecule has 3 rings (SSSR count). The topological polar surface area (TPSA) is 78.4 Å². The van der Waals surface area contributed by atoms with Gasteiger partial charge in [-0.3, -0.25) is 14.8 Å². The molecule has 0 bridgehead atoms. The van der Waals surface area contributed by atoms with Gasteiger partial charge in [-0.1, -0.05) is 25.1 Å². The molecule has 2 heterocycles. The van der Waals surface area contributed by atoms with Gasteiger partial charge in [0.25, 0.3) is 5.91 Å². The largest absolute Gasteiger partial charge is 0.384 e. The molecule has 184 valence electrons. The van der Waals surface area contributed by atoms with E-state index < -0.39 is 0 Å². The van der Waals surface area contributed by atoms with Crippen LogP contribution in [-0.2, 0) is 0 Å². The molecule has 6 nitrogen and oxygen atoms in total. The third-order valence-corrected chi connectivity index (χ3v) is 5.86. The highest BCUT2D eigenvalue weighted by molar-refractivity contribution is 6.08. The molecular weight excluding hydrogens is 434 g/mol. The van der Waals surface area contributed by atoms with Crippen LogP contribution in [0.3, 0.4) is 0 Å². The first-order chi connectivity index (χ1) is 16.9. The molecule has 1 aliphatic heterocycles. The van der Waals surface area contributed by atoms with Crippen LogP contribution in [0.5, 0.6) is 0 Å². The Morgan fingerprint density at radius 1 is 1.14 bits per heavy atom. The van der Waals surface area contributed by atoms with Crippen molar-refractivity contribution in [1.82, 2.24) is 15.6 Å². The Labute approximate surface area is 209 Å². The number of carbonyl (C=O) groups is 1. The highest BCUT2D eigenvalue weighted by Crippen LogP contribution is 2.23. The van der Waals surface area contributed by atoms with E-state index in [4.69, 9.17) is 4.99 Å². The van der Waals surface area contributed by atoms with Crippen LogP contribution in [-0.4, -0.2) is 23.1 Å². The van der Waals surface area contributed by atoms with Crippen LogP contribution in [0.1, 0.15) is 74.5 Å². The molecular formula is C29H37N5O. The standard InChI is InChI=1S/C29H37N5O/c1-6-8-12-27-28(31-7-2)21(4)13-14-26(19-32-27)33-22(5)23-10-9-11-25(16-23)34-29(35)24-15-20(3)17-30-18-24/h8-12,15-19,22,31,33H,6-7,13-14H2,1-5H3,(H,34,35)/b12-8+,26-19+,28-21-,32-27-. The number of amides is 1. The van der Waals surface area contributed by atoms with Gasteiger partial charge < -0.3 is 16.0 Å². The summed E-state index contributed by atoms with van der Waals surface area (Å²) in [5.74, 6) is -0.164. The molecule has 6 heteroatoms. The van der Waals surface area contributed by atoms with Gasteiger partial charge in [-0.05, 0) is 87.9 Å². The number of pyridine rings is 1. The molecule has 1 aliphatic rings. The highest BCUT2D eigenvalue weighted by Gasteiger charge is 2.14. The molecule has 1 aromatic carbocycles. The number of aryl methyl sites for hydroxylation is 1. The maximum atomic E-state index is 12.6. The van der Waals surface area contributed by atoms with Crippen molar-refractivity contribution >= 4 is 17.3 Å². The third-order valence-electron chi connectivity index (χ3n) is 5.86. The number of nitrogens with zero attached hydrogens (tertiary/aromatic N) is 2. The van der Waals surface area contributed by atoms with Crippen molar-refractivity contribution in [3.05, 3.63) is 94.7 Å². The van der Waals surface area contributed by atoms with E-state index in [2.05, 4.69) is 66.8 Å². The molecule has 0 saturated heterocycles. The molecule has 1 unspecified atom stereocenters. The maximum Gasteiger partial charge on any atom is 0.257 e. The Morgan fingerprint density at radius 2 is 1.97 bits per heavy atom. The summed E-state index contributed by atoms with van der Waals surface area (Å²) in [5.41, 5.74) is 7.85. The fourth-order valence-electron chi connectivity index (χ4n) is 3.96. The van der Waals surface area contributed by atoms with Crippen molar-refractivity contribution in [2.24, 2.45) is 4.99 Å². The number of anilines is 1. The molecule has 0 spiro atoms.